The lowest BCUT2D eigenvalue weighted by atomic mass is 10.0. The molecule has 2 aromatic rings. The van der Waals surface area contributed by atoms with Gasteiger partial charge in [-0.05, 0) is 6.07 Å². The van der Waals surface area contributed by atoms with Gasteiger partial charge in [0, 0.05) is 30.5 Å². The molecule has 1 N–H and O–H groups in total. The predicted molar refractivity (Wildman–Crippen MR) is 56.3 cm³/mol. The van der Waals surface area contributed by atoms with Gasteiger partial charge in [-0.1, -0.05) is 12.1 Å². The Hall–Kier alpha value is -1.79. The van der Waals surface area contributed by atoms with Gasteiger partial charge in [0.25, 0.3) is 0 Å². The van der Waals surface area contributed by atoms with E-state index in [-0.39, 0.29) is 0 Å². The van der Waals surface area contributed by atoms with Crippen LogP contribution in [0.15, 0.2) is 22.6 Å². The van der Waals surface area contributed by atoms with Crippen LogP contribution >= 0.6 is 0 Å². The van der Waals surface area contributed by atoms with Crippen molar-refractivity contribution in [1.82, 2.24) is 5.32 Å². The molecule has 1 aromatic heterocycles. The fraction of sp³-hybridized carbons (Fsp3) is 0.250. The molecule has 15 heavy (non-hydrogen) atoms. The topological polar surface area (TPSA) is 49.0 Å². The number of fused-ring (bicyclic) bond motifs is 3. The summed E-state index contributed by atoms with van der Waals surface area (Å²) >= 11 is 0. The van der Waals surface area contributed by atoms with E-state index in [0.717, 1.165) is 36.2 Å². The second kappa shape index (κ2) is 3.11. The van der Waals surface area contributed by atoms with Crippen molar-refractivity contribution < 1.29 is 4.42 Å². The molecular formula is C12H10N2O. The number of hydrogen-bond acceptors (Lipinski definition) is 3. The molecule has 1 aliphatic heterocycles. The highest BCUT2D eigenvalue weighted by molar-refractivity contribution is 5.87. The van der Waals surface area contributed by atoms with Gasteiger partial charge in [-0.2, -0.15) is 5.26 Å². The third-order valence-corrected chi connectivity index (χ3v) is 2.85. The summed E-state index contributed by atoms with van der Waals surface area (Å²) in [4.78, 5) is 0. The normalized spacial score (nSPS) is 14.9. The lowest BCUT2D eigenvalue weighted by molar-refractivity contribution is 0.500. The Morgan fingerprint density at radius 3 is 3.20 bits per heavy atom. The number of nitriles is 1. The van der Waals surface area contributed by atoms with Crippen LogP contribution in [0.5, 0.6) is 0 Å². The lowest BCUT2D eigenvalue weighted by Crippen LogP contribution is -2.22. The number of furan rings is 1. The van der Waals surface area contributed by atoms with Gasteiger partial charge in [0.05, 0.1) is 5.56 Å². The van der Waals surface area contributed by atoms with Gasteiger partial charge in [0.2, 0.25) is 0 Å². The first kappa shape index (κ1) is 8.51. The molecule has 0 fully saturated rings. The van der Waals surface area contributed by atoms with Crippen molar-refractivity contribution in [3.8, 4) is 6.07 Å². The molecule has 0 saturated carbocycles. The Labute approximate surface area is 87.3 Å². The number of hydrogen-bond donors (Lipinski definition) is 1. The molecule has 1 aliphatic rings. The molecule has 0 aliphatic carbocycles. The number of nitrogens with one attached hydrogen (secondary N) is 1. The van der Waals surface area contributed by atoms with Crippen LogP contribution in [0.1, 0.15) is 16.9 Å². The number of rotatable bonds is 0. The van der Waals surface area contributed by atoms with Crippen LogP contribution in [0.3, 0.4) is 0 Å². The van der Waals surface area contributed by atoms with Gasteiger partial charge in [0.1, 0.15) is 11.8 Å². The van der Waals surface area contributed by atoms with Gasteiger partial charge in [-0.15, -0.1) is 0 Å². The van der Waals surface area contributed by atoms with Crippen molar-refractivity contribution in [2.24, 2.45) is 0 Å². The number of benzene rings is 1. The molecule has 3 rings (SSSR count). The van der Waals surface area contributed by atoms with Crippen molar-refractivity contribution in [3.63, 3.8) is 0 Å². The van der Waals surface area contributed by atoms with E-state index in [0.29, 0.717) is 5.56 Å². The van der Waals surface area contributed by atoms with Crippen molar-refractivity contribution >= 4 is 11.0 Å². The minimum atomic E-state index is 0.627. The number of para-hydroxylation sites is 1. The van der Waals surface area contributed by atoms with Gasteiger partial charge < -0.3 is 9.73 Å². The van der Waals surface area contributed by atoms with Gasteiger partial charge in [0.15, 0.2) is 5.58 Å². The van der Waals surface area contributed by atoms with Crippen LogP contribution < -0.4 is 5.32 Å². The first-order valence-corrected chi connectivity index (χ1v) is 5.04. The van der Waals surface area contributed by atoms with Gasteiger partial charge in [-0.3, -0.25) is 0 Å². The van der Waals surface area contributed by atoms with Crippen molar-refractivity contribution in [3.05, 3.63) is 35.1 Å². The fourth-order valence-corrected chi connectivity index (χ4v) is 2.12. The molecule has 0 atom stereocenters. The molecule has 0 unspecified atom stereocenters. The van der Waals surface area contributed by atoms with Gasteiger partial charge >= 0.3 is 0 Å². The third-order valence-electron chi connectivity index (χ3n) is 2.85. The second-order valence-electron chi connectivity index (χ2n) is 3.72. The van der Waals surface area contributed by atoms with Crippen molar-refractivity contribution in [1.29, 1.82) is 5.26 Å². The van der Waals surface area contributed by atoms with Crippen molar-refractivity contribution in [2.45, 2.75) is 13.0 Å². The summed E-state index contributed by atoms with van der Waals surface area (Å²) in [5, 5.41) is 13.4. The van der Waals surface area contributed by atoms with Crippen LogP contribution in [-0.2, 0) is 13.0 Å². The molecule has 0 bridgehead atoms. The molecule has 0 radical (unpaired) electrons. The number of nitrogens with zero attached hydrogens (tertiary/aromatic N) is 1. The van der Waals surface area contributed by atoms with E-state index in [4.69, 9.17) is 9.68 Å². The largest absolute Gasteiger partial charge is 0.459 e. The molecule has 2 heterocycles. The van der Waals surface area contributed by atoms with Gasteiger partial charge in [-0.25, -0.2) is 0 Å². The summed E-state index contributed by atoms with van der Waals surface area (Å²) < 4.78 is 5.75. The maximum absolute atomic E-state index is 8.97. The summed E-state index contributed by atoms with van der Waals surface area (Å²) in [6.45, 7) is 1.80. The predicted octanol–water partition coefficient (Wildman–Crippen LogP) is 1.95. The van der Waals surface area contributed by atoms with E-state index >= 15 is 0 Å². The smallest absolute Gasteiger partial charge is 0.152 e. The van der Waals surface area contributed by atoms with E-state index in [9.17, 15) is 0 Å². The standard InChI is InChI=1S/C12H10N2O/c13-6-8-2-1-3-9-10-7-14-5-4-11(10)15-12(8)9/h1-3,14H,4-5,7H2. The van der Waals surface area contributed by atoms with Crippen LogP contribution in [0.2, 0.25) is 0 Å². The van der Waals surface area contributed by atoms with E-state index in [2.05, 4.69) is 11.4 Å². The minimum Gasteiger partial charge on any atom is -0.459 e. The molecular weight excluding hydrogens is 188 g/mol. The highest BCUT2D eigenvalue weighted by atomic mass is 16.3. The first-order chi connectivity index (χ1) is 7.40. The summed E-state index contributed by atoms with van der Waals surface area (Å²) in [6.07, 6.45) is 0.912. The molecule has 1 aromatic carbocycles. The Bertz CT molecular complexity index is 563. The van der Waals surface area contributed by atoms with Crippen LogP contribution in [0.4, 0.5) is 0 Å². The van der Waals surface area contributed by atoms with E-state index in [1.165, 1.54) is 5.56 Å². The highest BCUT2D eigenvalue weighted by Crippen LogP contribution is 2.29. The Morgan fingerprint density at radius 1 is 1.40 bits per heavy atom. The second-order valence-corrected chi connectivity index (χ2v) is 3.72. The minimum absolute atomic E-state index is 0.627. The Balaban J connectivity index is 2.37. The van der Waals surface area contributed by atoms with E-state index in [1.54, 1.807) is 6.07 Å². The van der Waals surface area contributed by atoms with Crippen LogP contribution in [-0.4, -0.2) is 6.54 Å². The summed E-state index contributed by atoms with van der Waals surface area (Å²) in [5.41, 5.74) is 2.59. The fourth-order valence-electron chi connectivity index (χ4n) is 2.12. The molecule has 0 saturated heterocycles. The van der Waals surface area contributed by atoms with Crippen LogP contribution in [0.25, 0.3) is 11.0 Å². The zero-order valence-electron chi connectivity index (χ0n) is 8.21. The zero-order valence-corrected chi connectivity index (χ0v) is 8.21. The Kier molecular flexibility index (Phi) is 1.77. The quantitative estimate of drug-likeness (QED) is 0.703. The molecule has 3 nitrogen and oxygen atoms in total. The van der Waals surface area contributed by atoms with E-state index < -0.39 is 0 Å². The molecule has 0 spiro atoms. The molecule has 3 heteroatoms. The van der Waals surface area contributed by atoms with Crippen LogP contribution in [0, 0.1) is 11.3 Å². The Morgan fingerprint density at radius 2 is 2.33 bits per heavy atom. The third kappa shape index (κ3) is 1.15. The zero-order chi connectivity index (χ0) is 10.3. The average molecular weight is 198 g/mol. The average Bonchev–Trinajstić information content (AvgIpc) is 2.67. The molecule has 0 amide bonds. The van der Waals surface area contributed by atoms with Crippen molar-refractivity contribution in [2.75, 3.05) is 6.54 Å². The summed E-state index contributed by atoms with van der Waals surface area (Å²) in [7, 11) is 0. The van der Waals surface area contributed by atoms with E-state index in [1.807, 2.05) is 12.1 Å². The summed E-state index contributed by atoms with van der Waals surface area (Å²) in [5.74, 6) is 1.03. The maximum Gasteiger partial charge on any atom is 0.152 e. The maximum atomic E-state index is 8.97. The molecule has 74 valence electrons. The lowest BCUT2D eigenvalue weighted by Gasteiger charge is -2.10. The summed E-state index contributed by atoms with van der Waals surface area (Å²) in [6, 6.07) is 7.89. The SMILES string of the molecule is N#Cc1cccc2c3c(oc12)CCNC3. The first-order valence-electron chi connectivity index (χ1n) is 5.04. The monoisotopic (exact) mass is 198 g/mol. The highest BCUT2D eigenvalue weighted by Gasteiger charge is 2.18.